The summed E-state index contributed by atoms with van der Waals surface area (Å²) in [5.74, 6) is -0.141. The monoisotopic (exact) mass is 446 g/mol. The number of pyridine rings is 1. The van der Waals surface area contributed by atoms with Gasteiger partial charge in [-0.05, 0) is 12.5 Å². The van der Waals surface area contributed by atoms with Crippen LogP contribution in [0.3, 0.4) is 0 Å². The zero-order chi connectivity index (χ0) is 21.4. The second-order valence-electron chi connectivity index (χ2n) is 7.59. The summed E-state index contributed by atoms with van der Waals surface area (Å²) in [5, 5.41) is 4.33. The lowest BCUT2D eigenvalue weighted by Gasteiger charge is -2.19. The minimum Gasteiger partial charge on any atom is -0.444 e. The number of aromatic nitrogens is 4. The number of anilines is 1. The van der Waals surface area contributed by atoms with Gasteiger partial charge in [0.1, 0.15) is 11.8 Å². The van der Waals surface area contributed by atoms with Gasteiger partial charge in [0.15, 0.2) is 17.5 Å². The van der Waals surface area contributed by atoms with Crippen molar-refractivity contribution < 1.29 is 18.7 Å². The zero-order valence-corrected chi connectivity index (χ0v) is 17.2. The first-order chi connectivity index (χ1) is 15.1. The fourth-order valence-electron chi connectivity index (χ4n) is 3.82. The average molecular weight is 447 g/mol. The molecule has 0 bridgehead atoms. The molecule has 0 radical (unpaired) electrons. The van der Waals surface area contributed by atoms with E-state index in [1.165, 1.54) is 0 Å². The molecule has 3 aromatic heterocycles. The number of amides is 1. The van der Waals surface area contributed by atoms with Gasteiger partial charge in [0.05, 0.1) is 24.4 Å². The van der Waals surface area contributed by atoms with E-state index in [1.54, 1.807) is 23.4 Å². The van der Waals surface area contributed by atoms with Crippen LogP contribution in [0.5, 0.6) is 0 Å². The van der Waals surface area contributed by atoms with Crippen LogP contribution in [0, 0.1) is 5.82 Å². The van der Waals surface area contributed by atoms with Gasteiger partial charge in [0, 0.05) is 48.9 Å². The van der Waals surface area contributed by atoms with E-state index in [0.29, 0.717) is 61.2 Å². The smallest absolute Gasteiger partial charge is 0.410 e. The Labute approximate surface area is 181 Å². The Bertz CT molecular complexity index is 1120. The summed E-state index contributed by atoms with van der Waals surface area (Å²) >= 11 is 6.06. The van der Waals surface area contributed by atoms with Gasteiger partial charge in [0.2, 0.25) is 0 Å². The van der Waals surface area contributed by atoms with Crippen molar-refractivity contribution in [1.29, 1.82) is 0 Å². The van der Waals surface area contributed by atoms with Crippen molar-refractivity contribution >= 4 is 34.5 Å². The molecule has 3 aromatic rings. The van der Waals surface area contributed by atoms with E-state index in [4.69, 9.17) is 21.1 Å². The molecule has 162 valence electrons. The molecule has 9 nitrogen and oxygen atoms in total. The van der Waals surface area contributed by atoms with Crippen LogP contribution >= 0.6 is 11.6 Å². The number of aromatic amines is 1. The number of nitrogens with one attached hydrogen (secondary N) is 2. The van der Waals surface area contributed by atoms with Gasteiger partial charge < -0.3 is 24.7 Å². The van der Waals surface area contributed by atoms with E-state index in [9.17, 15) is 9.18 Å². The van der Waals surface area contributed by atoms with Crippen molar-refractivity contribution in [3.8, 4) is 11.4 Å². The third-order valence-corrected chi connectivity index (χ3v) is 5.63. The minimum absolute atomic E-state index is 0.0822. The first-order valence-electron chi connectivity index (χ1n) is 10.0. The Hall–Kier alpha value is -2.98. The number of ether oxygens (including phenoxy) is 2. The molecule has 2 atom stereocenters. The van der Waals surface area contributed by atoms with Crippen LogP contribution in [0.2, 0.25) is 5.02 Å². The largest absolute Gasteiger partial charge is 0.444 e. The molecule has 31 heavy (non-hydrogen) atoms. The lowest BCUT2D eigenvalue weighted by molar-refractivity contribution is 0.0595. The molecule has 0 aliphatic carbocycles. The second-order valence-corrected chi connectivity index (χ2v) is 8.02. The first kappa shape index (κ1) is 20.0. The van der Waals surface area contributed by atoms with Gasteiger partial charge in [-0.15, -0.1) is 0 Å². The Kier molecular flexibility index (Phi) is 5.33. The third kappa shape index (κ3) is 4.13. The highest BCUT2D eigenvalue weighted by atomic mass is 35.5. The molecule has 2 saturated heterocycles. The molecule has 5 rings (SSSR count). The number of H-pyrrole nitrogens is 1. The molecule has 1 amide bonds. The van der Waals surface area contributed by atoms with Gasteiger partial charge in [-0.25, -0.2) is 24.1 Å². The second kappa shape index (κ2) is 8.27. The van der Waals surface area contributed by atoms with Crippen LogP contribution in [-0.4, -0.2) is 69.4 Å². The first-order valence-corrected chi connectivity index (χ1v) is 10.4. The van der Waals surface area contributed by atoms with Crippen molar-refractivity contribution in [3.05, 3.63) is 35.5 Å². The van der Waals surface area contributed by atoms with Crippen molar-refractivity contribution in [2.45, 2.75) is 25.0 Å². The zero-order valence-electron chi connectivity index (χ0n) is 16.5. The summed E-state index contributed by atoms with van der Waals surface area (Å²) in [5.41, 5.74) is 1.31. The SMILES string of the molecule is O=C(OC1CCOC1)N1CCC(Nc2nc(-c3c[nH]c4ncc(Cl)cc34)ncc2F)C1. The van der Waals surface area contributed by atoms with Crippen LogP contribution in [-0.2, 0) is 9.47 Å². The van der Waals surface area contributed by atoms with Crippen LogP contribution in [0.4, 0.5) is 15.0 Å². The number of carbonyl (C=O) groups excluding carboxylic acids is 1. The molecule has 2 aliphatic rings. The van der Waals surface area contributed by atoms with Gasteiger partial charge in [-0.2, -0.15) is 0 Å². The molecular formula is C20H20ClFN6O3. The fraction of sp³-hybridized carbons (Fsp3) is 0.400. The van der Waals surface area contributed by atoms with E-state index in [0.717, 1.165) is 11.6 Å². The number of hydrogen-bond acceptors (Lipinski definition) is 7. The molecule has 2 aliphatic heterocycles. The summed E-state index contributed by atoms with van der Waals surface area (Å²) in [7, 11) is 0. The van der Waals surface area contributed by atoms with E-state index < -0.39 is 5.82 Å². The number of fused-ring (bicyclic) bond motifs is 1. The Morgan fingerprint density at radius 2 is 2.26 bits per heavy atom. The molecule has 0 spiro atoms. The highest BCUT2D eigenvalue weighted by molar-refractivity contribution is 6.31. The lowest BCUT2D eigenvalue weighted by Crippen LogP contribution is -2.34. The highest BCUT2D eigenvalue weighted by Gasteiger charge is 2.30. The highest BCUT2D eigenvalue weighted by Crippen LogP contribution is 2.28. The molecule has 2 N–H and O–H groups in total. The van der Waals surface area contributed by atoms with Crippen molar-refractivity contribution in [2.75, 3.05) is 31.6 Å². The number of likely N-dealkylation sites (tertiary alicyclic amines) is 1. The summed E-state index contributed by atoms with van der Waals surface area (Å²) in [6.45, 7) is 1.97. The average Bonchev–Trinajstić information content (AvgIpc) is 3.50. The molecule has 5 heterocycles. The molecule has 0 saturated carbocycles. The fourth-order valence-corrected chi connectivity index (χ4v) is 3.98. The molecule has 2 fully saturated rings. The normalized spacial score (nSPS) is 21.0. The summed E-state index contributed by atoms with van der Waals surface area (Å²) in [4.78, 5) is 29.7. The number of hydrogen-bond donors (Lipinski definition) is 2. The lowest BCUT2D eigenvalue weighted by atomic mass is 10.2. The number of nitrogens with zero attached hydrogens (tertiary/aromatic N) is 4. The number of rotatable bonds is 4. The molecular weight excluding hydrogens is 427 g/mol. The van der Waals surface area contributed by atoms with Crippen LogP contribution < -0.4 is 5.32 Å². The van der Waals surface area contributed by atoms with E-state index in [1.807, 2.05) is 0 Å². The van der Waals surface area contributed by atoms with Crippen molar-refractivity contribution in [1.82, 2.24) is 24.8 Å². The Balaban J connectivity index is 1.30. The maximum atomic E-state index is 14.4. The topological polar surface area (TPSA) is 105 Å². The molecule has 0 aromatic carbocycles. The van der Waals surface area contributed by atoms with Crippen LogP contribution in [0.1, 0.15) is 12.8 Å². The van der Waals surface area contributed by atoms with Gasteiger partial charge in [-0.3, -0.25) is 0 Å². The molecule has 11 heteroatoms. The van der Waals surface area contributed by atoms with Crippen molar-refractivity contribution in [2.24, 2.45) is 0 Å². The summed E-state index contributed by atoms with van der Waals surface area (Å²) in [6, 6.07) is 1.61. The maximum Gasteiger partial charge on any atom is 0.410 e. The number of carbonyl (C=O) groups is 1. The predicted molar refractivity (Wildman–Crippen MR) is 111 cm³/mol. The summed E-state index contributed by atoms with van der Waals surface area (Å²) in [6.07, 6.45) is 5.19. The van der Waals surface area contributed by atoms with Crippen LogP contribution in [0.15, 0.2) is 24.7 Å². The Morgan fingerprint density at radius 1 is 1.35 bits per heavy atom. The van der Waals surface area contributed by atoms with Gasteiger partial charge in [-0.1, -0.05) is 11.6 Å². The predicted octanol–water partition coefficient (Wildman–Crippen LogP) is 3.22. The summed E-state index contributed by atoms with van der Waals surface area (Å²) < 4.78 is 25.1. The van der Waals surface area contributed by atoms with E-state index in [-0.39, 0.29) is 24.1 Å². The van der Waals surface area contributed by atoms with Gasteiger partial charge in [0.25, 0.3) is 0 Å². The third-order valence-electron chi connectivity index (χ3n) is 5.43. The standard InChI is InChI=1S/C20H20ClFN6O3/c21-11-5-14-15(7-24-17(14)23-6-11)18-25-8-16(22)19(27-18)26-12-1-3-28(9-12)20(29)31-13-2-4-30-10-13/h5-8,12-13H,1-4,9-10H2,(H,23,24)(H,25,26,27). The quantitative estimate of drug-likeness (QED) is 0.633. The van der Waals surface area contributed by atoms with E-state index >= 15 is 0 Å². The minimum atomic E-state index is -0.566. The van der Waals surface area contributed by atoms with Crippen molar-refractivity contribution in [3.63, 3.8) is 0 Å². The van der Waals surface area contributed by atoms with Crippen LogP contribution in [0.25, 0.3) is 22.4 Å². The van der Waals surface area contributed by atoms with Gasteiger partial charge >= 0.3 is 6.09 Å². The number of halogens is 2. The maximum absolute atomic E-state index is 14.4. The molecule has 2 unspecified atom stereocenters. The van der Waals surface area contributed by atoms with E-state index in [2.05, 4.69) is 25.3 Å². The Morgan fingerprint density at radius 3 is 3.10 bits per heavy atom.